The summed E-state index contributed by atoms with van der Waals surface area (Å²) in [5, 5.41) is 0. The molecule has 0 radical (unpaired) electrons. The molecular weight excluding hydrogens is 328 g/mol. The van der Waals surface area contributed by atoms with Gasteiger partial charge in [0.15, 0.2) is 0 Å². The summed E-state index contributed by atoms with van der Waals surface area (Å²) in [5.41, 5.74) is 4.11. The van der Waals surface area contributed by atoms with Gasteiger partial charge in [-0.25, -0.2) is 0 Å². The number of benzene rings is 1. The van der Waals surface area contributed by atoms with Crippen LogP contribution >= 0.6 is 0 Å². The highest BCUT2D eigenvalue weighted by Gasteiger charge is 2.30. The molecule has 5 nitrogen and oxygen atoms in total. The van der Waals surface area contributed by atoms with Crippen molar-refractivity contribution in [2.24, 2.45) is 0 Å². The minimum absolute atomic E-state index is 0.0450. The first-order valence-corrected chi connectivity index (χ1v) is 9.04. The quantitative estimate of drug-likeness (QED) is 0.792. The van der Waals surface area contributed by atoms with Crippen LogP contribution in [0.4, 0.5) is 0 Å². The van der Waals surface area contributed by atoms with Crippen LogP contribution in [0.3, 0.4) is 0 Å². The van der Waals surface area contributed by atoms with Crippen LogP contribution in [0.2, 0.25) is 0 Å². The molecule has 26 heavy (non-hydrogen) atoms. The Morgan fingerprint density at radius 3 is 2.85 bits per heavy atom. The minimum Gasteiger partial charge on any atom is -0.497 e. The molecule has 1 aliphatic rings. The lowest BCUT2D eigenvalue weighted by molar-refractivity contribution is -0.133. The van der Waals surface area contributed by atoms with Gasteiger partial charge in [0.2, 0.25) is 5.91 Å². The molecule has 0 unspecified atom stereocenters. The van der Waals surface area contributed by atoms with E-state index in [1.807, 2.05) is 30.0 Å². The second-order valence-electron chi connectivity index (χ2n) is 6.64. The Kier molecular flexibility index (Phi) is 5.89. The standard InChI is InChI=1S/C21H26N2O3/c1-15-12-17(16-6-4-7-18(13-16)26-3)14-19(22-15)20-8-5-10-23(20)21(24)9-11-25-2/h4,6-7,12-14,20H,5,8-11H2,1-3H3/t20-/m1/s1. The van der Waals surface area contributed by atoms with Crippen molar-refractivity contribution in [2.75, 3.05) is 27.4 Å². The van der Waals surface area contributed by atoms with E-state index < -0.39 is 0 Å². The van der Waals surface area contributed by atoms with Crippen LogP contribution in [0.1, 0.15) is 36.7 Å². The van der Waals surface area contributed by atoms with Gasteiger partial charge in [-0.3, -0.25) is 9.78 Å². The van der Waals surface area contributed by atoms with Gasteiger partial charge in [-0.2, -0.15) is 0 Å². The first-order chi connectivity index (χ1) is 12.6. The molecule has 2 heterocycles. The van der Waals surface area contributed by atoms with Gasteiger partial charge in [-0.05, 0) is 55.2 Å². The topological polar surface area (TPSA) is 51.7 Å². The molecule has 1 atom stereocenters. The van der Waals surface area contributed by atoms with E-state index >= 15 is 0 Å². The Morgan fingerprint density at radius 2 is 2.08 bits per heavy atom. The van der Waals surface area contributed by atoms with Crippen LogP contribution in [-0.2, 0) is 9.53 Å². The zero-order valence-corrected chi connectivity index (χ0v) is 15.7. The Balaban J connectivity index is 1.90. The summed E-state index contributed by atoms with van der Waals surface area (Å²) >= 11 is 0. The normalized spacial score (nSPS) is 16.7. The van der Waals surface area contributed by atoms with E-state index in [-0.39, 0.29) is 11.9 Å². The molecule has 1 aromatic heterocycles. The molecular formula is C21H26N2O3. The summed E-state index contributed by atoms with van der Waals surface area (Å²) < 4.78 is 10.4. The maximum Gasteiger partial charge on any atom is 0.225 e. The molecule has 0 bridgehead atoms. The van der Waals surface area contributed by atoms with Crippen molar-refractivity contribution in [1.29, 1.82) is 0 Å². The maximum atomic E-state index is 12.5. The molecule has 1 aromatic carbocycles. The number of hydrogen-bond donors (Lipinski definition) is 0. The van der Waals surface area contributed by atoms with Gasteiger partial charge in [0.25, 0.3) is 0 Å². The molecule has 0 N–H and O–H groups in total. The third-order valence-electron chi connectivity index (χ3n) is 4.81. The number of likely N-dealkylation sites (tertiary alicyclic amines) is 1. The van der Waals surface area contributed by atoms with E-state index in [9.17, 15) is 4.79 Å². The smallest absolute Gasteiger partial charge is 0.225 e. The second kappa shape index (κ2) is 8.32. The van der Waals surface area contributed by atoms with Crippen molar-refractivity contribution >= 4 is 5.91 Å². The van der Waals surface area contributed by atoms with Gasteiger partial charge in [0.1, 0.15) is 5.75 Å². The minimum atomic E-state index is 0.0450. The number of ether oxygens (including phenoxy) is 2. The van der Waals surface area contributed by atoms with E-state index in [0.717, 1.165) is 47.7 Å². The number of rotatable bonds is 6. The molecule has 1 fully saturated rings. The number of aryl methyl sites for hydroxylation is 1. The number of methoxy groups -OCH3 is 2. The fraction of sp³-hybridized carbons (Fsp3) is 0.429. The molecule has 138 valence electrons. The highest BCUT2D eigenvalue weighted by molar-refractivity contribution is 5.77. The third kappa shape index (κ3) is 4.05. The largest absolute Gasteiger partial charge is 0.497 e. The number of nitrogens with zero attached hydrogens (tertiary/aromatic N) is 2. The molecule has 0 aliphatic carbocycles. The summed E-state index contributed by atoms with van der Waals surface area (Å²) in [6.07, 6.45) is 2.38. The Hall–Kier alpha value is -2.40. The molecule has 1 saturated heterocycles. The number of pyridine rings is 1. The summed E-state index contributed by atoms with van der Waals surface area (Å²) in [6.45, 7) is 3.24. The maximum absolute atomic E-state index is 12.5. The van der Waals surface area contributed by atoms with Crippen molar-refractivity contribution in [2.45, 2.75) is 32.2 Å². The van der Waals surface area contributed by atoms with E-state index in [0.29, 0.717) is 13.0 Å². The monoisotopic (exact) mass is 354 g/mol. The fourth-order valence-electron chi connectivity index (χ4n) is 3.54. The summed E-state index contributed by atoms with van der Waals surface area (Å²) in [4.78, 5) is 19.2. The lowest BCUT2D eigenvalue weighted by atomic mass is 10.0. The first-order valence-electron chi connectivity index (χ1n) is 9.04. The van der Waals surface area contributed by atoms with Crippen molar-refractivity contribution in [3.05, 3.63) is 47.8 Å². The van der Waals surface area contributed by atoms with Crippen molar-refractivity contribution < 1.29 is 14.3 Å². The van der Waals surface area contributed by atoms with E-state index in [2.05, 4.69) is 18.2 Å². The Bertz CT molecular complexity index is 776. The molecule has 2 aromatic rings. The van der Waals surface area contributed by atoms with Gasteiger partial charge in [-0.15, -0.1) is 0 Å². The SMILES string of the molecule is COCCC(=O)N1CCC[C@@H]1c1cc(-c2cccc(OC)c2)cc(C)n1. The third-order valence-corrected chi connectivity index (χ3v) is 4.81. The van der Waals surface area contributed by atoms with Gasteiger partial charge < -0.3 is 14.4 Å². The molecule has 0 spiro atoms. The Morgan fingerprint density at radius 1 is 1.23 bits per heavy atom. The predicted octanol–water partition coefficient (Wildman–Crippen LogP) is 3.77. The van der Waals surface area contributed by atoms with E-state index in [4.69, 9.17) is 14.5 Å². The molecule has 5 heteroatoms. The van der Waals surface area contributed by atoms with Gasteiger partial charge >= 0.3 is 0 Å². The number of aromatic nitrogens is 1. The van der Waals surface area contributed by atoms with Crippen LogP contribution in [0.15, 0.2) is 36.4 Å². The van der Waals surface area contributed by atoms with E-state index in [1.54, 1.807) is 14.2 Å². The lowest BCUT2D eigenvalue weighted by Gasteiger charge is -2.25. The molecule has 0 saturated carbocycles. The number of carbonyl (C=O) groups is 1. The van der Waals surface area contributed by atoms with Gasteiger partial charge in [-0.1, -0.05) is 12.1 Å². The summed E-state index contributed by atoms with van der Waals surface area (Å²) in [5.74, 6) is 0.969. The average molecular weight is 354 g/mol. The van der Waals surface area contributed by atoms with Crippen LogP contribution in [0.5, 0.6) is 5.75 Å². The van der Waals surface area contributed by atoms with Crippen LogP contribution in [0.25, 0.3) is 11.1 Å². The Labute approximate surface area is 155 Å². The summed E-state index contributed by atoms with van der Waals surface area (Å²) in [7, 11) is 3.29. The second-order valence-corrected chi connectivity index (χ2v) is 6.64. The van der Waals surface area contributed by atoms with Crippen LogP contribution < -0.4 is 4.74 Å². The molecule has 1 amide bonds. The highest BCUT2D eigenvalue weighted by Crippen LogP contribution is 2.34. The first kappa shape index (κ1) is 18.4. The molecule has 3 rings (SSSR count). The number of carbonyl (C=O) groups excluding carboxylic acids is 1. The summed E-state index contributed by atoms with van der Waals surface area (Å²) in [6, 6.07) is 12.2. The van der Waals surface area contributed by atoms with Crippen LogP contribution in [0, 0.1) is 6.92 Å². The van der Waals surface area contributed by atoms with E-state index in [1.165, 1.54) is 0 Å². The van der Waals surface area contributed by atoms with Crippen LogP contribution in [-0.4, -0.2) is 43.2 Å². The average Bonchev–Trinajstić information content (AvgIpc) is 3.15. The zero-order chi connectivity index (χ0) is 18.5. The van der Waals surface area contributed by atoms with Gasteiger partial charge in [0.05, 0.1) is 31.9 Å². The highest BCUT2D eigenvalue weighted by atomic mass is 16.5. The van der Waals surface area contributed by atoms with Crippen molar-refractivity contribution in [1.82, 2.24) is 9.88 Å². The predicted molar refractivity (Wildman–Crippen MR) is 101 cm³/mol. The zero-order valence-electron chi connectivity index (χ0n) is 15.7. The van der Waals surface area contributed by atoms with Crippen molar-refractivity contribution in [3.8, 4) is 16.9 Å². The van der Waals surface area contributed by atoms with Gasteiger partial charge in [0, 0.05) is 19.3 Å². The number of amides is 1. The number of hydrogen-bond acceptors (Lipinski definition) is 4. The fourth-order valence-corrected chi connectivity index (χ4v) is 3.54. The lowest BCUT2D eigenvalue weighted by Crippen LogP contribution is -2.31. The van der Waals surface area contributed by atoms with Crippen molar-refractivity contribution in [3.63, 3.8) is 0 Å². The molecule has 1 aliphatic heterocycles.